The van der Waals surface area contributed by atoms with Crippen molar-refractivity contribution in [2.45, 2.75) is 174 Å². The van der Waals surface area contributed by atoms with Gasteiger partial charge in [-0.15, -0.1) is 0 Å². The van der Waals surface area contributed by atoms with E-state index in [4.69, 9.17) is 14.2 Å². The molecule has 0 radical (unpaired) electrons. The van der Waals surface area contributed by atoms with Crippen molar-refractivity contribution in [3.8, 4) is 0 Å². The number of quaternary nitrogens is 1. The van der Waals surface area contributed by atoms with Crippen LogP contribution >= 0.6 is 0 Å². The Bertz CT molecular complexity index is 1220. The molecule has 2 atom stereocenters. The summed E-state index contributed by atoms with van der Waals surface area (Å²) in [6.07, 6.45) is 51.8. The molecule has 0 N–H and O–H groups in total. The molecule has 0 aliphatic heterocycles. The van der Waals surface area contributed by atoms with Crippen LogP contribution in [0.3, 0.4) is 0 Å². The molecule has 0 spiro atoms. The minimum atomic E-state index is -1.14. The molecule has 0 heterocycles. The lowest BCUT2D eigenvalue weighted by Gasteiger charge is -2.34. The first-order chi connectivity index (χ1) is 28.1. The lowest BCUT2D eigenvalue weighted by atomic mass is 10.1. The number of carboxylic acids is 1. The number of carbonyl (C=O) groups excluding carboxylic acids is 3. The summed E-state index contributed by atoms with van der Waals surface area (Å²) in [6, 6.07) is -0.740. The Labute approximate surface area is 354 Å². The van der Waals surface area contributed by atoms with Crippen LogP contribution < -0.4 is 5.11 Å². The third-order valence-corrected chi connectivity index (χ3v) is 9.58. The van der Waals surface area contributed by atoms with Gasteiger partial charge in [0.1, 0.15) is 12.6 Å². The fourth-order valence-electron chi connectivity index (χ4n) is 6.06. The number of nitrogens with zero attached hydrogens (tertiary/aromatic N) is 1. The first kappa shape index (κ1) is 54.5. The molecule has 0 saturated carbocycles. The minimum Gasteiger partial charge on any atom is -0.544 e. The van der Waals surface area contributed by atoms with E-state index in [9.17, 15) is 19.5 Å². The van der Waals surface area contributed by atoms with Crippen molar-refractivity contribution in [2.75, 3.05) is 41.0 Å². The van der Waals surface area contributed by atoms with E-state index in [1.807, 2.05) is 0 Å². The van der Waals surface area contributed by atoms with Crippen molar-refractivity contribution in [1.82, 2.24) is 0 Å². The second-order valence-corrected chi connectivity index (χ2v) is 16.0. The molecule has 0 rings (SSSR count). The highest BCUT2D eigenvalue weighted by Gasteiger charge is 2.25. The second kappa shape index (κ2) is 40.3. The lowest BCUT2D eigenvalue weighted by molar-refractivity contribution is -0.889. The minimum absolute atomic E-state index is 0.0158. The number of hydrogen-bond donors (Lipinski definition) is 0. The number of allylic oxidation sites excluding steroid dienone is 14. The summed E-state index contributed by atoms with van der Waals surface area (Å²) in [6.45, 7) is 4.46. The first-order valence-corrected chi connectivity index (χ1v) is 22.6. The molecule has 0 aromatic rings. The van der Waals surface area contributed by atoms with Crippen LogP contribution in [-0.4, -0.2) is 75.5 Å². The molecule has 8 heteroatoms. The van der Waals surface area contributed by atoms with Crippen LogP contribution in [0.25, 0.3) is 0 Å². The van der Waals surface area contributed by atoms with E-state index in [-0.39, 0.29) is 49.1 Å². The van der Waals surface area contributed by atoms with Crippen molar-refractivity contribution in [3.05, 3.63) is 85.1 Å². The molecule has 0 bridgehead atoms. The van der Waals surface area contributed by atoms with Crippen LogP contribution in [0.15, 0.2) is 85.1 Å². The van der Waals surface area contributed by atoms with E-state index in [1.54, 1.807) is 21.1 Å². The molecule has 0 amide bonds. The zero-order valence-corrected chi connectivity index (χ0v) is 37.4. The van der Waals surface area contributed by atoms with E-state index in [0.29, 0.717) is 12.8 Å². The normalized spacial score (nSPS) is 13.7. The highest BCUT2D eigenvalue weighted by Crippen LogP contribution is 2.12. The van der Waals surface area contributed by atoms with Crippen molar-refractivity contribution in [3.63, 3.8) is 0 Å². The summed E-state index contributed by atoms with van der Waals surface area (Å²) in [5.41, 5.74) is 0. The highest BCUT2D eigenvalue weighted by atomic mass is 16.6. The molecule has 58 heavy (non-hydrogen) atoms. The molecule has 2 unspecified atom stereocenters. The standard InChI is InChI=1S/C50H83NO7/c1-6-8-10-12-14-16-18-20-22-24-25-27-28-30-32-34-36-38-40-48(52)57-45-46(44-56-43-42-47(50(54)55)51(3,4)5)58-49(53)41-39-37-35-33-31-29-26-23-21-19-17-15-13-11-9-7-2/h9,11,15,17-18,20-25,27,29,31,46-47H,6-8,10,12-14,16,19,26,28,30,32-45H2,1-5H3/b11-9+,17-15+,20-18+,23-21+,24-22+,27-25+,31-29+. The summed E-state index contributed by atoms with van der Waals surface area (Å²) in [4.78, 5) is 36.9. The second-order valence-electron chi connectivity index (χ2n) is 16.0. The number of rotatable bonds is 39. The number of hydrogen-bond acceptors (Lipinski definition) is 7. The molecule has 0 saturated heterocycles. The van der Waals surface area contributed by atoms with E-state index >= 15 is 0 Å². The van der Waals surface area contributed by atoms with Crippen LogP contribution in [0, 0.1) is 0 Å². The average molecular weight is 810 g/mol. The number of esters is 2. The van der Waals surface area contributed by atoms with Gasteiger partial charge in [-0.3, -0.25) is 9.59 Å². The predicted octanol–water partition coefficient (Wildman–Crippen LogP) is 11.2. The van der Waals surface area contributed by atoms with E-state index in [1.165, 1.54) is 32.1 Å². The largest absolute Gasteiger partial charge is 0.544 e. The Morgan fingerprint density at radius 2 is 1.03 bits per heavy atom. The maximum Gasteiger partial charge on any atom is 0.306 e. The summed E-state index contributed by atoms with van der Waals surface area (Å²) in [5, 5.41) is 11.6. The molecular weight excluding hydrogens is 727 g/mol. The zero-order valence-electron chi connectivity index (χ0n) is 37.4. The van der Waals surface area contributed by atoms with Gasteiger partial charge in [-0.1, -0.05) is 150 Å². The van der Waals surface area contributed by atoms with Gasteiger partial charge < -0.3 is 28.6 Å². The molecule has 0 aliphatic carbocycles. The molecule has 0 aromatic carbocycles. The van der Waals surface area contributed by atoms with Gasteiger partial charge >= 0.3 is 11.9 Å². The van der Waals surface area contributed by atoms with Crippen molar-refractivity contribution in [2.24, 2.45) is 0 Å². The Morgan fingerprint density at radius 1 is 0.552 bits per heavy atom. The van der Waals surface area contributed by atoms with Crippen LogP contribution in [-0.2, 0) is 28.6 Å². The smallest absolute Gasteiger partial charge is 0.306 e. The van der Waals surface area contributed by atoms with Gasteiger partial charge in [0.2, 0.25) is 0 Å². The van der Waals surface area contributed by atoms with Gasteiger partial charge in [-0.05, 0) is 77.0 Å². The summed E-state index contributed by atoms with van der Waals surface area (Å²) in [5.74, 6) is -1.81. The van der Waals surface area contributed by atoms with Crippen molar-refractivity contribution >= 4 is 17.9 Å². The van der Waals surface area contributed by atoms with Gasteiger partial charge in [0.05, 0.1) is 40.3 Å². The van der Waals surface area contributed by atoms with Crippen LogP contribution in [0.5, 0.6) is 0 Å². The Hall–Kier alpha value is -3.49. The first-order valence-electron chi connectivity index (χ1n) is 22.6. The molecule has 8 nitrogen and oxygen atoms in total. The fourth-order valence-corrected chi connectivity index (χ4v) is 6.06. The van der Waals surface area contributed by atoms with Crippen LogP contribution in [0.4, 0.5) is 0 Å². The van der Waals surface area contributed by atoms with Gasteiger partial charge in [-0.2, -0.15) is 0 Å². The Kier molecular flexibility index (Phi) is 37.9. The topological polar surface area (TPSA) is 102 Å². The molecule has 330 valence electrons. The molecule has 0 aliphatic rings. The monoisotopic (exact) mass is 810 g/mol. The van der Waals surface area contributed by atoms with E-state index in [2.05, 4.69) is 98.9 Å². The van der Waals surface area contributed by atoms with E-state index in [0.717, 1.165) is 89.9 Å². The molecular formula is C50H83NO7. The zero-order chi connectivity index (χ0) is 42.8. The Morgan fingerprint density at radius 3 is 1.59 bits per heavy atom. The number of ether oxygens (including phenoxy) is 3. The van der Waals surface area contributed by atoms with Gasteiger partial charge in [-0.25, -0.2) is 0 Å². The number of unbranched alkanes of at least 4 members (excludes halogenated alkanes) is 13. The number of carbonyl (C=O) groups is 3. The van der Waals surface area contributed by atoms with Gasteiger partial charge in [0.15, 0.2) is 6.10 Å². The average Bonchev–Trinajstić information content (AvgIpc) is 3.18. The van der Waals surface area contributed by atoms with Crippen molar-refractivity contribution < 1.29 is 38.2 Å². The van der Waals surface area contributed by atoms with E-state index < -0.39 is 18.1 Å². The van der Waals surface area contributed by atoms with Crippen LogP contribution in [0.2, 0.25) is 0 Å². The Balaban J connectivity index is 4.45. The highest BCUT2D eigenvalue weighted by molar-refractivity contribution is 5.70. The maximum absolute atomic E-state index is 12.7. The fraction of sp³-hybridized carbons (Fsp3) is 0.660. The molecule has 0 aromatic heterocycles. The third kappa shape index (κ3) is 38.1. The summed E-state index contributed by atoms with van der Waals surface area (Å²) < 4.78 is 17.1. The maximum atomic E-state index is 12.7. The number of carboxylic acid groups (broad SMARTS) is 1. The van der Waals surface area contributed by atoms with Gasteiger partial charge in [0, 0.05) is 19.3 Å². The van der Waals surface area contributed by atoms with Crippen LogP contribution in [0.1, 0.15) is 162 Å². The van der Waals surface area contributed by atoms with Gasteiger partial charge in [0.25, 0.3) is 0 Å². The number of aliphatic carboxylic acids is 1. The lowest BCUT2D eigenvalue weighted by Crippen LogP contribution is -2.55. The third-order valence-electron chi connectivity index (χ3n) is 9.58. The van der Waals surface area contributed by atoms with Crippen molar-refractivity contribution in [1.29, 1.82) is 0 Å². The molecule has 0 fully saturated rings. The number of likely N-dealkylation sites (N-methyl/N-ethyl adjacent to an activating group) is 1. The predicted molar refractivity (Wildman–Crippen MR) is 240 cm³/mol. The summed E-state index contributed by atoms with van der Waals surface area (Å²) in [7, 11) is 5.38. The summed E-state index contributed by atoms with van der Waals surface area (Å²) >= 11 is 0. The quantitative estimate of drug-likeness (QED) is 0.0200. The SMILES string of the molecule is CC/C=C/C/C=C/C/C=C/C/C=C/CCCCCC(=O)OC(COCCC(C(=O)[O-])[N+](C)(C)C)COC(=O)CCCCCCC/C=C/C=C/C=C/CCCCCCC.